The molecule has 2 unspecified atom stereocenters. The largest absolute Gasteiger partial charge is 0.456 e. The molecule has 16 aromatic carbocycles. The summed E-state index contributed by atoms with van der Waals surface area (Å²) in [6, 6.07) is 128. The summed E-state index contributed by atoms with van der Waals surface area (Å²) in [5.74, 6) is 0.0317. The molecule has 0 fully saturated rings. The van der Waals surface area contributed by atoms with Crippen LogP contribution in [0.3, 0.4) is 0 Å². The second kappa shape index (κ2) is 22.4. The number of hydrogen-bond donors (Lipinski definition) is 1. The molecule has 5 heterocycles. The number of furan rings is 3. The van der Waals surface area contributed by atoms with Gasteiger partial charge in [0.05, 0.1) is 16.7 Å². The average molecular weight is 1340 g/mol. The molecule has 0 amide bonds. The number of hydrogen-bond acceptors (Lipinski definition) is 3. The van der Waals surface area contributed by atoms with E-state index in [-0.39, 0.29) is 11.8 Å². The van der Waals surface area contributed by atoms with Gasteiger partial charge >= 0.3 is 0 Å². The van der Waals surface area contributed by atoms with Gasteiger partial charge in [-0.25, -0.2) is 0 Å². The maximum absolute atomic E-state index is 6.28. The average Bonchev–Trinajstić information content (AvgIpc) is 1.60. The fraction of sp³-hybridized carbons (Fsp3) is 0.0200. The number of para-hydroxylation sites is 4. The van der Waals surface area contributed by atoms with Gasteiger partial charge in [0.1, 0.15) is 33.5 Å². The van der Waals surface area contributed by atoms with E-state index in [2.05, 4.69) is 331 Å². The Kier molecular flexibility index (Phi) is 12.4. The van der Waals surface area contributed by atoms with Crippen LogP contribution in [0, 0.1) is 0 Å². The smallest absolute Gasteiger partial charge is 0.135 e. The van der Waals surface area contributed by atoms with Gasteiger partial charge in [0.2, 0.25) is 0 Å². The molecule has 2 atom stereocenters. The van der Waals surface area contributed by atoms with Crippen molar-refractivity contribution in [2.45, 2.75) is 11.8 Å². The zero-order valence-electron chi connectivity index (χ0n) is 56.7. The predicted molar refractivity (Wildman–Crippen MR) is 433 cm³/mol. The Balaban J connectivity index is 0.658. The SMILES string of the molecule is c1cc(-c2[nH]c3ccc(-c4cccc(-n5c6ccccc6c6cc(-c7ccc8oc9ccccc9c8c7)ccc65)c4)cc3c2-c2cccc(C3c4ccccc4-c4cc(-c5ccc6oc7ccccc7c6c5)ccc43)c2)cc(C2c3ccccc3-c3cc(-c4ccc5oc6ccccc6c5c4)ccc32)c1. The molecule has 0 saturated heterocycles. The highest BCUT2D eigenvalue weighted by molar-refractivity contribution is 6.13. The van der Waals surface area contributed by atoms with Crippen molar-refractivity contribution < 1.29 is 13.3 Å². The summed E-state index contributed by atoms with van der Waals surface area (Å²) in [4.78, 5) is 4.11. The number of nitrogens with zero attached hydrogens (tertiary/aromatic N) is 1. The van der Waals surface area contributed by atoms with Crippen molar-refractivity contribution in [3.05, 3.63) is 379 Å². The lowest BCUT2D eigenvalue weighted by atomic mass is 9.85. The van der Waals surface area contributed by atoms with Crippen LogP contribution in [0.5, 0.6) is 0 Å². The quantitative estimate of drug-likeness (QED) is 0.157. The normalized spacial score (nSPS) is 13.9. The van der Waals surface area contributed by atoms with E-state index >= 15 is 0 Å². The molecule has 105 heavy (non-hydrogen) atoms. The maximum Gasteiger partial charge on any atom is 0.135 e. The second-order valence-electron chi connectivity index (χ2n) is 28.6. The third-order valence-corrected chi connectivity index (χ3v) is 22.9. The summed E-state index contributed by atoms with van der Waals surface area (Å²) < 4.78 is 21.2. The number of aromatic nitrogens is 2. The molecule has 23 rings (SSSR count). The van der Waals surface area contributed by atoms with Gasteiger partial charge in [-0.3, -0.25) is 0 Å². The Hall–Kier alpha value is -13.7. The van der Waals surface area contributed by atoms with E-state index in [9.17, 15) is 0 Å². The molecule has 2 aliphatic rings. The molecule has 5 heteroatoms. The van der Waals surface area contributed by atoms with Gasteiger partial charge in [0.25, 0.3) is 0 Å². The third kappa shape index (κ3) is 8.89. The fourth-order valence-electron chi connectivity index (χ4n) is 18.1. The molecular weight excluding hydrogens is 1280 g/mol. The van der Waals surface area contributed by atoms with Crippen LogP contribution >= 0.6 is 0 Å². The molecule has 5 aromatic heterocycles. The number of rotatable bonds is 9. The molecule has 0 aliphatic heterocycles. The highest BCUT2D eigenvalue weighted by atomic mass is 16.3. The predicted octanol–water partition coefficient (Wildman–Crippen LogP) is 27.3. The maximum atomic E-state index is 6.28. The van der Waals surface area contributed by atoms with Gasteiger partial charge in [-0.15, -0.1) is 0 Å². The van der Waals surface area contributed by atoms with E-state index in [0.29, 0.717) is 0 Å². The van der Waals surface area contributed by atoms with Crippen LogP contribution in [0.4, 0.5) is 0 Å². The van der Waals surface area contributed by atoms with E-state index in [0.717, 1.165) is 133 Å². The Bertz CT molecular complexity index is 7260. The molecular formula is C100H60N2O3. The van der Waals surface area contributed by atoms with Gasteiger partial charge in [0, 0.05) is 77.1 Å². The van der Waals surface area contributed by atoms with Crippen LogP contribution in [0.1, 0.15) is 45.2 Å². The van der Waals surface area contributed by atoms with Crippen molar-refractivity contribution in [3.8, 4) is 94.8 Å². The molecule has 5 nitrogen and oxygen atoms in total. The Morgan fingerprint density at radius 1 is 0.229 bits per heavy atom. The van der Waals surface area contributed by atoms with E-state index in [1.54, 1.807) is 0 Å². The monoisotopic (exact) mass is 1340 g/mol. The number of benzene rings is 16. The minimum Gasteiger partial charge on any atom is -0.456 e. The molecule has 1 N–H and O–H groups in total. The molecule has 0 saturated carbocycles. The van der Waals surface area contributed by atoms with Crippen LogP contribution in [0.25, 0.3) is 193 Å². The van der Waals surface area contributed by atoms with Crippen molar-refractivity contribution in [1.82, 2.24) is 9.55 Å². The van der Waals surface area contributed by atoms with Gasteiger partial charge in [-0.1, -0.05) is 231 Å². The second-order valence-corrected chi connectivity index (χ2v) is 28.6. The first-order valence-corrected chi connectivity index (χ1v) is 36.2. The van der Waals surface area contributed by atoms with Gasteiger partial charge in [-0.2, -0.15) is 0 Å². The lowest BCUT2D eigenvalue weighted by Crippen LogP contribution is -2.00. The van der Waals surface area contributed by atoms with Crippen LogP contribution in [-0.2, 0) is 0 Å². The summed E-state index contributed by atoms with van der Waals surface area (Å²) in [5, 5.41) is 10.4. The highest BCUT2D eigenvalue weighted by Crippen LogP contribution is 2.54. The topological polar surface area (TPSA) is 60.1 Å². The van der Waals surface area contributed by atoms with Crippen molar-refractivity contribution in [3.63, 3.8) is 0 Å². The molecule has 0 radical (unpaired) electrons. The lowest BCUT2D eigenvalue weighted by molar-refractivity contribution is 0.668. The number of H-pyrrole nitrogens is 1. The van der Waals surface area contributed by atoms with Crippen molar-refractivity contribution in [1.29, 1.82) is 0 Å². The van der Waals surface area contributed by atoms with E-state index in [1.807, 2.05) is 24.3 Å². The Labute approximate surface area is 603 Å². The van der Waals surface area contributed by atoms with Crippen molar-refractivity contribution >= 4 is 98.5 Å². The Morgan fingerprint density at radius 3 is 1.19 bits per heavy atom. The van der Waals surface area contributed by atoms with Crippen LogP contribution in [-0.4, -0.2) is 9.55 Å². The molecule has 21 aromatic rings. The standard InChI is InChI=1S/C100H60N2O3/c1-3-28-77-71(22-1)81-51-59(63-38-45-94-84(54-63)74-25-6-10-31-91(74)103-94)34-41-79(81)97(77)66-17-13-19-68(48-66)99-87-57-61(58-16-15-21-70(50-58)102-89-30-9-5-24-73(89)83-53-62(37-44-90(83)102)65-40-47-96-86(56-65)76-27-8-12-33-93(76)105-96)36-43-88(87)101-100(99)69-20-14-18-67(49-69)98-78-29-4-2-23-72(78)82-52-60(35-42-80(82)98)64-39-46-95-85(55-64)75-26-7-11-32-92(75)104-95/h1-57,97-98,101H. The first-order chi connectivity index (χ1) is 52.0. The molecule has 2 aliphatic carbocycles. The molecule has 488 valence electrons. The zero-order valence-corrected chi connectivity index (χ0v) is 56.7. The summed E-state index contributed by atoms with van der Waals surface area (Å²) >= 11 is 0. The summed E-state index contributed by atoms with van der Waals surface area (Å²) in [6.07, 6.45) is 0. The summed E-state index contributed by atoms with van der Waals surface area (Å²) in [5.41, 5.74) is 36.6. The number of aromatic amines is 1. The van der Waals surface area contributed by atoms with Gasteiger partial charge in [0.15, 0.2) is 0 Å². The van der Waals surface area contributed by atoms with Crippen LogP contribution < -0.4 is 0 Å². The first-order valence-electron chi connectivity index (χ1n) is 36.2. The number of nitrogens with one attached hydrogen (secondary N) is 1. The van der Waals surface area contributed by atoms with Crippen molar-refractivity contribution in [2.24, 2.45) is 0 Å². The van der Waals surface area contributed by atoms with E-state index in [4.69, 9.17) is 13.3 Å². The minimum absolute atomic E-state index is 0.0110. The fourth-order valence-corrected chi connectivity index (χ4v) is 18.1. The lowest BCUT2D eigenvalue weighted by Gasteiger charge is -2.18. The van der Waals surface area contributed by atoms with Crippen molar-refractivity contribution in [2.75, 3.05) is 0 Å². The molecule has 0 bridgehead atoms. The van der Waals surface area contributed by atoms with E-state index < -0.39 is 0 Å². The van der Waals surface area contributed by atoms with Gasteiger partial charge < -0.3 is 22.8 Å². The van der Waals surface area contributed by atoms with E-state index in [1.165, 1.54) is 94.2 Å². The highest BCUT2D eigenvalue weighted by Gasteiger charge is 2.33. The summed E-state index contributed by atoms with van der Waals surface area (Å²) in [7, 11) is 0. The summed E-state index contributed by atoms with van der Waals surface area (Å²) in [6.45, 7) is 0. The molecule has 0 spiro atoms. The third-order valence-electron chi connectivity index (χ3n) is 22.9. The number of fused-ring (bicyclic) bond motifs is 19. The zero-order chi connectivity index (χ0) is 68.5. The minimum atomic E-state index is 0.0110. The Morgan fingerprint density at radius 2 is 0.619 bits per heavy atom. The first kappa shape index (κ1) is 58.0. The van der Waals surface area contributed by atoms with Crippen LogP contribution in [0.15, 0.2) is 359 Å². The van der Waals surface area contributed by atoms with Crippen LogP contribution in [0.2, 0.25) is 0 Å². The van der Waals surface area contributed by atoms with Gasteiger partial charge in [-0.05, 0) is 227 Å².